The molecule has 3 rings (SSSR count). The van der Waals surface area contributed by atoms with Crippen molar-refractivity contribution in [3.05, 3.63) is 68.6 Å². The van der Waals surface area contributed by atoms with E-state index in [1.807, 2.05) is 37.3 Å². The van der Waals surface area contributed by atoms with E-state index >= 15 is 0 Å². The fourth-order valence-corrected chi connectivity index (χ4v) is 4.56. The first-order valence-electron chi connectivity index (χ1n) is 9.89. The van der Waals surface area contributed by atoms with Crippen LogP contribution in [0.25, 0.3) is 10.6 Å². The van der Waals surface area contributed by atoms with Crippen molar-refractivity contribution in [2.24, 2.45) is 0 Å². The number of hydrogen-bond donors (Lipinski definition) is 0. The van der Waals surface area contributed by atoms with Gasteiger partial charge in [-0.1, -0.05) is 41.1 Å². The smallest absolute Gasteiger partial charge is 0.305 e. The van der Waals surface area contributed by atoms with E-state index in [4.69, 9.17) is 14.5 Å². The Morgan fingerprint density at radius 3 is 2.57 bits per heavy atom. The van der Waals surface area contributed by atoms with E-state index in [1.165, 1.54) is 12.0 Å². The Kier molecular flexibility index (Phi) is 7.67. The Morgan fingerprint density at radius 2 is 1.90 bits per heavy atom. The van der Waals surface area contributed by atoms with Crippen LogP contribution in [0.15, 0.2) is 46.9 Å². The largest absolute Gasteiger partial charge is 0.493 e. The number of aryl methyl sites for hydroxylation is 3. The highest BCUT2D eigenvalue weighted by molar-refractivity contribution is 9.10. The minimum Gasteiger partial charge on any atom is -0.493 e. The molecule has 0 amide bonds. The van der Waals surface area contributed by atoms with E-state index in [0.717, 1.165) is 37.6 Å². The molecular formula is C24H26BrNO3S. The normalized spacial score (nSPS) is 11.9. The van der Waals surface area contributed by atoms with Crippen molar-refractivity contribution in [3.63, 3.8) is 0 Å². The summed E-state index contributed by atoms with van der Waals surface area (Å²) in [7, 11) is 1.42. The van der Waals surface area contributed by atoms with Crippen molar-refractivity contribution < 1.29 is 14.3 Å². The Hall–Kier alpha value is -2.18. The molecule has 3 aromatic rings. The van der Waals surface area contributed by atoms with E-state index < -0.39 is 0 Å². The van der Waals surface area contributed by atoms with E-state index in [1.54, 1.807) is 11.3 Å². The summed E-state index contributed by atoms with van der Waals surface area (Å²) in [6.07, 6.45) is 1.06. The minimum atomic E-state index is -0.190. The third-order valence-corrected chi connectivity index (χ3v) is 6.59. The molecular weight excluding hydrogens is 462 g/mol. The predicted molar refractivity (Wildman–Crippen MR) is 125 cm³/mol. The fourth-order valence-electron chi connectivity index (χ4n) is 3.26. The lowest BCUT2D eigenvalue weighted by molar-refractivity contribution is -0.140. The van der Waals surface area contributed by atoms with Gasteiger partial charge in [-0.2, -0.15) is 0 Å². The molecule has 2 aromatic carbocycles. The van der Waals surface area contributed by atoms with Crippen LogP contribution in [0.3, 0.4) is 0 Å². The zero-order chi connectivity index (χ0) is 21.7. The summed E-state index contributed by atoms with van der Waals surface area (Å²) in [6, 6.07) is 14.3. The van der Waals surface area contributed by atoms with Crippen LogP contribution in [0.2, 0.25) is 0 Å². The van der Waals surface area contributed by atoms with Gasteiger partial charge in [0.1, 0.15) is 10.8 Å². The van der Waals surface area contributed by atoms with Gasteiger partial charge in [-0.05, 0) is 55.7 Å². The van der Waals surface area contributed by atoms with Gasteiger partial charge in [-0.25, -0.2) is 4.98 Å². The number of thiazole rings is 1. The first-order valence-corrected chi connectivity index (χ1v) is 11.5. The van der Waals surface area contributed by atoms with Gasteiger partial charge in [0.2, 0.25) is 0 Å². The molecule has 0 aliphatic heterocycles. The van der Waals surface area contributed by atoms with E-state index in [9.17, 15) is 4.79 Å². The highest BCUT2D eigenvalue weighted by atomic mass is 79.9. The molecule has 6 heteroatoms. The van der Waals surface area contributed by atoms with Crippen LogP contribution in [-0.4, -0.2) is 24.7 Å². The number of nitrogens with zero attached hydrogens (tertiary/aromatic N) is 1. The van der Waals surface area contributed by atoms with Crippen LogP contribution in [0.4, 0.5) is 0 Å². The highest BCUT2D eigenvalue weighted by Crippen LogP contribution is 2.32. The SMILES string of the molecule is COC(=O)CCc1ccc(OCC(C)c2nc(-c3ccc(Br)cc3)sc2C)cc1C. The Labute approximate surface area is 190 Å². The van der Waals surface area contributed by atoms with Crippen LogP contribution in [0, 0.1) is 13.8 Å². The second kappa shape index (κ2) is 10.2. The molecule has 0 radical (unpaired) electrons. The number of ether oxygens (including phenoxy) is 2. The van der Waals surface area contributed by atoms with Crippen molar-refractivity contribution in [3.8, 4) is 16.3 Å². The van der Waals surface area contributed by atoms with Crippen molar-refractivity contribution >= 4 is 33.2 Å². The zero-order valence-electron chi connectivity index (χ0n) is 17.7. The van der Waals surface area contributed by atoms with Gasteiger partial charge in [-0.3, -0.25) is 4.79 Å². The van der Waals surface area contributed by atoms with Gasteiger partial charge < -0.3 is 9.47 Å². The molecule has 0 aliphatic carbocycles. The van der Waals surface area contributed by atoms with Gasteiger partial charge in [0.25, 0.3) is 0 Å². The summed E-state index contributed by atoms with van der Waals surface area (Å²) < 4.78 is 11.8. The first kappa shape index (κ1) is 22.5. The third-order valence-electron chi connectivity index (χ3n) is 5.03. The van der Waals surface area contributed by atoms with Crippen LogP contribution in [0.1, 0.15) is 41.0 Å². The summed E-state index contributed by atoms with van der Waals surface area (Å²) >= 11 is 5.19. The Balaban J connectivity index is 1.63. The monoisotopic (exact) mass is 487 g/mol. The number of esters is 1. The van der Waals surface area contributed by atoms with Crippen molar-refractivity contribution in [2.75, 3.05) is 13.7 Å². The molecule has 0 N–H and O–H groups in total. The van der Waals surface area contributed by atoms with Crippen molar-refractivity contribution in [1.82, 2.24) is 4.98 Å². The summed E-state index contributed by atoms with van der Waals surface area (Å²) in [5.41, 5.74) is 4.47. The lowest BCUT2D eigenvalue weighted by Crippen LogP contribution is -2.09. The van der Waals surface area contributed by atoms with Gasteiger partial charge in [0, 0.05) is 27.3 Å². The summed E-state index contributed by atoms with van der Waals surface area (Å²) in [6.45, 7) is 6.86. The number of methoxy groups -OCH3 is 1. The lowest BCUT2D eigenvalue weighted by atomic mass is 10.0. The average molecular weight is 488 g/mol. The molecule has 30 heavy (non-hydrogen) atoms. The maximum absolute atomic E-state index is 11.4. The van der Waals surface area contributed by atoms with Gasteiger partial charge in [0.15, 0.2) is 0 Å². The minimum absolute atomic E-state index is 0.185. The number of hydrogen-bond acceptors (Lipinski definition) is 5. The van der Waals surface area contributed by atoms with Crippen LogP contribution in [-0.2, 0) is 16.0 Å². The van der Waals surface area contributed by atoms with E-state index in [-0.39, 0.29) is 11.9 Å². The summed E-state index contributed by atoms with van der Waals surface area (Å²) in [4.78, 5) is 17.5. The Bertz CT molecular complexity index is 1010. The number of rotatable bonds is 8. The molecule has 1 aromatic heterocycles. The number of halogens is 1. The maximum atomic E-state index is 11.4. The molecule has 158 valence electrons. The predicted octanol–water partition coefficient (Wildman–Crippen LogP) is 6.48. The van der Waals surface area contributed by atoms with Crippen LogP contribution < -0.4 is 4.74 Å². The third kappa shape index (κ3) is 5.70. The molecule has 1 unspecified atom stereocenters. The molecule has 0 saturated heterocycles. The summed E-state index contributed by atoms with van der Waals surface area (Å²) in [5, 5.41) is 1.03. The first-order chi connectivity index (χ1) is 14.4. The van der Waals surface area contributed by atoms with Gasteiger partial charge in [0.05, 0.1) is 19.4 Å². The van der Waals surface area contributed by atoms with Gasteiger partial charge in [-0.15, -0.1) is 11.3 Å². The molecule has 1 heterocycles. The number of benzene rings is 2. The van der Waals surface area contributed by atoms with Crippen molar-refractivity contribution in [1.29, 1.82) is 0 Å². The molecule has 0 aliphatic rings. The van der Waals surface area contributed by atoms with E-state index in [2.05, 4.69) is 41.9 Å². The Morgan fingerprint density at radius 1 is 1.17 bits per heavy atom. The zero-order valence-corrected chi connectivity index (χ0v) is 20.1. The standard InChI is InChI=1S/C24H26BrNO3S/c1-15-13-21(11-7-18(15)8-12-22(27)28-4)29-14-16(2)23-17(3)30-24(26-23)19-5-9-20(25)10-6-19/h5-7,9-11,13,16H,8,12,14H2,1-4H3. The molecule has 1 atom stereocenters. The molecule has 0 fully saturated rings. The molecule has 4 nitrogen and oxygen atoms in total. The van der Waals surface area contributed by atoms with Crippen LogP contribution in [0.5, 0.6) is 5.75 Å². The molecule has 0 spiro atoms. The van der Waals surface area contributed by atoms with E-state index in [0.29, 0.717) is 19.4 Å². The molecule has 0 saturated carbocycles. The number of aromatic nitrogens is 1. The quantitative estimate of drug-likeness (QED) is 0.341. The maximum Gasteiger partial charge on any atom is 0.305 e. The molecule has 0 bridgehead atoms. The number of carbonyl (C=O) groups excluding carboxylic acids is 1. The lowest BCUT2D eigenvalue weighted by Gasteiger charge is -2.14. The second-order valence-corrected chi connectivity index (χ2v) is 9.46. The fraction of sp³-hybridized carbons (Fsp3) is 0.333. The van der Waals surface area contributed by atoms with Crippen molar-refractivity contribution in [2.45, 2.75) is 39.5 Å². The van der Waals surface area contributed by atoms with Crippen LogP contribution >= 0.6 is 27.3 Å². The topological polar surface area (TPSA) is 48.4 Å². The average Bonchev–Trinajstić information content (AvgIpc) is 3.13. The van der Waals surface area contributed by atoms with Gasteiger partial charge >= 0.3 is 5.97 Å². The highest BCUT2D eigenvalue weighted by Gasteiger charge is 2.16. The second-order valence-electron chi connectivity index (χ2n) is 7.34. The summed E-state index contributed by atoms with van der Waals surface area (Å²) in [5.74, 6) is 0.830. The number of carbonyl (C=O) groups is 1.